The molecule has 2 aromatic rings. The first-order valence-electron chi connectivity index (χ1n) is 6.09. The van der Waals surface area contributed by atoms with Crippen molar-refractivity contribution < 1.29 is 13.2 Å². The minimum absolute atomic E-state index is 0.167. The summed E-state index contributed by atoms with van der Waals surface area (Å²) in [5.41, 5.74) is 6.71. The average Bonchev–Trinajstić information content (AvgIpc) is 2.83. The van der Waals surface area contributed by atoms with Crippen molar-refractivity contribution in [2.75, 3.05) is 11.8 Å². The van der Waals surface area contributed by atoms with E-state index in [0.29, 0.717) is 15.9 Å². The summed E-state index contributed by atoms with van der Waals surface area (Å²) in [6, 6.07) is 6.61. The lowest BCUT2D eigenvalue weighted by atomic mass is 10.3. The Morgan fingerprint density at radius 1 is 1.38 bits per heavy atom. The third-order valence-electron chi connectivity index (χ3n) is 3.02. The Bertz CT molecular complexity index is 756. The number of rotatable bonds is 5. The van der Waals surface area contributed by atoms with Crippen molar-refractivity contribution in [3.8, 4) is 5.75 Å². The topological polar surface area (TPSA) is 86.3 Å². The number of aryl methyl sites for hydroxylation is 1. The fraction of sp³-hybridized carbons (Fsp3) is 0.231. The molecule has 0 atom stereocenters. The molecule has 114 valence electrons. The largest absolute Gasteiger partial charge is 0.497 e. The molecule has 1 aromatic carbocycles. The number of hydrogen-bond acceptors (Lipinski definition) is 4. The van der Waals surface area contributed by atoms with Gasteiger partial charge in [-0.25, -0.2) is 8.42 Å². The van der Waals surface area contributed by atoms with Crippen LogP contribution < -0.4 is 15.2 Å². The molecule has 1 aromatic heterocycles. The van der Waals surface area contributed by atoms with Crippen molar-refractivity contribution in [1.82, 2.24) is 4.57 Å². The number of aromatic nitrogens is 1. The zero-order valence-electron chi connectivity index (χ0n) is 11.6. The molecule has 0 aliphatic rings. The second-order valence-electron chi connectivity index (χ2n) is 4.43. The van der Waals surface area contributed by atoms with E-state index >= 15 is 0 Å². The molecule has 0 unspecified atom stereocenters. The predicted octanol–water partition coefficient (Wildman–Crippen LogP) is 2.06. The van der Waals surface area contributed by atoms with Gasteiger partial charge in [0, 0.05) is 36.0 Å². The van der Waals surface area contributed by atoms with E-state index in [0.717, 1.165) is 5.69 Å². The van der Waals surface area contributed by atoms with Crippen molar-refractivity contribution in [3.05, 3.63) is 40.6 Å². The molecule has 0 bridgehead atoms. The molecular formula is C13H16BrN3O3S. The molecule has 1 heterocycles. The summed E-state index contributed by atoms with van der Waals surface area (Å²) in [5, 5.41) is 0. The van der Waals surface area contributed by atoms with Crippen LogP contribution in [0.15, 0.2) is 39.8 Å². The van der Waals surface area contributed by atoms with Crippen LogP contribution in [0.25, 0.3) is 0 Å². The first-order chi connectivity index (χ1) is 9.87. The van der Waals surface area contributed by atoms with Crippen LogP contribution in [-0.4, -0.2) is 20.1 Å². The summed E-state index contributed by atoms with van der Waals surface area (Å²) < 4.78 is 34.8. The molecule has 0 spiro atoms. The van der Waals surface area contributed by atoms with Gasteiger partial charge < -0.3 is 15.0 Å². The third kappa shape index (κ3) is 3.39. The Kier molecular flexibility index (Phi) is 4.60. The van der Waals surface area contributed by atoms with Gasteiger partial charge in [-0.05, 0) is 34.1 Å². The highest BCUT2D eigenvalue weighted by Crippen LogP contribution is 2.29. The molecule has 6 nitrogen and oxygen atoms in total. The van der Waals surface area contributed by atoms with Gasteiger partial charge in [-0.2, -0.15) is 0 Å². The van der Waals surface area contributed by atoms with E-state index in [-0.39, 0.29) is 11.4 Å². The summed E-state index contributed by atoms with van der Waals surface area (Å²) in [5.74, 6) is 0.562. The number of hydrogen-bond donors (Lipinski definition) is 2. The normalized spacial score (nSPS) is 11.4. The molecular weight excluding hydrogens is 358 g/mol. The van der Waals surface area contributed by atoms with Crippen molar-refractivity contribution in [2.24, 2.45) is 12.8 Å². The SMILES string of the molecule is COc1ccc(Br)c(NS(=O)(=O)c2cc(CN)n(C)c2)c1. The van der Waals surface area contributed by atoms with Gasteiger partial charge in [-0.1, -0.05) is 0 Å². The number of nitrogens with one attached hydrogen (secondary N) is 1. The van der Waals surface area contributed by atoms with E-state index in [1.54, 1.807) is 35.9 Å². The highest BCUT2D eigenvalue weighted by Gasteiger charge is 2.18. The number of nitrogens with two attached hydrogens (primary N) is 1. The smallest absolute Gasteiger partial charge is 0.263 e. The van der Waals surface area contributed by atoms with Crippen LogP contribution in [0.5, 0.6) is 5.75 Å². The number of sulfonamides is 1. The second kappa shape index (κ2) is 6.08. The molecule has 0 saturated heterocycles. The standard InChI is InChI=1S/C13H16BrN3O3S/c1-17-8-11(5-9(17)7-15)21(18,19)16-13-6-10(20-2)3-4-12(13)14/h3-6,8,16H,7,15H2,1-2H3. The number of anilines is 1. The van der Waals surface area contributed by atoms with Gasteiger partial charge in [0.1, 0.15) is 10.6 Å². The van der Waals surface area contributed by atoms with Crippen molar-refractivity contribution in [1.29, 1.82) is 0 Å². The fourth-order valence-corrected chi connectivity index (χ4v) is 3.48. The monoisotopic (exact) mass is 373 g/mol. The molecule has 0 aliphatic carbocycles. The van der Waals surface area contributed by atoms with Gasteiger partial charge >= 0.3 is 0 Å². The van der Waals surface area contributed by atoms with E-state index in [9.17, 15) is 8.42 Å². The highest BCUT2D eigenvalue weighted by molar-refractivity contribution is 9.10. The second-order valence-corrected chi connectivity index (χ2v) is 6.97. The fourth-order valence-electron chi connectivity index (χ4n) is 1.84. The highest BCUT2D eigenvalue weighted by atomic mass is 79.9. The summed E-state index contributed by atoms with van der Waals surface area (Å²) in [6.45, 7) is 0.273. The number of halogens is 1. The Labute approximate surface area is 132 Å². The Morgan fingerprint density at radius 3 is 2.67 bits per heavy atom. The van der Waals surface area contributed by atoms with E-state index in [4.69, 9.17) is 10.5 Å². The van der Waals surface area contributed by atoms with Crippen molar-refractivity contribution in [3.63, 3.8) is 0 Å². The number of nitrogens with zero attached hydrogens (tertiary/aromatic N) is 1. The van der Waals surface area contributed by atoms with Gasteiger partial charge in [-0.3, -0.25) is 4.72 Å². The van der Waals surface area contributed by atoms with Crippen LogP contribution in [0.3, 0.4) is 0 Å². The number of ether oxygens (including phenoxy) is 1. The first-order valence-corrected chi connectivity index (χ1v) is 8.36. The van der Waals surface area contributed by atoms with E-state index < -0.39 is 10.0 Å². The molecule has 0 fully saturated rings. The van der Waals surface area contributed by atoms with Gasteiger partial charge in [-0.15, -0.1) is 0 Å². The van der Waals surface area contributed by atoms with E-state index in [1.807, 2.05) is 0 Å². The minimum Gasteiger partial charge on any atom is -0.497 e. The maximum Gasteiger partial charge on any atom is 0.263 e. The lowest BCUT2D eigenvalue weighted by Crippen LogP contribution is -2.12. The summed E-state index contributed by atoms with van der Waals surface area (Å²) >= 11 is 3.31. The lowest BCUT2D eigenvalue weighted by molar-refractivity contribution is 0.415. The van der Waals surface area contributed by atoms with Gasteiger partial charge in [0.15, 0.2) is 0 Å². The zero-order chi connectivity index (χ0) is 15.6. The average molecular weight is 374 g/mol. The van der Waals surface area contributed by atoms with Crippen LogP contribution in [-0.2, 0) is 23.6 Å². The Balaban J connectivity index is 2.37. The predicted molar refractivity (Wildman–Crippen MR) is 84.8 cm³/mol. The van der Waals surface area contributed by atoms with Crippen LogP contribution in [0.2, 0.25) is 0 Å². The van der Waals surface area contributed by atoms with Crippen LogP contribution >= 0.6 is 15.9 Å². The lowest BCUT2D eigenvalue weighted by Gasteiger charge is -2.10. The maximum absolute atomic E-state index is 12.4. The van der Waals surface area contributed by atoms with Gasteiger partial charge in [0.25, 0.3) is 10.0 Å². The third-order valence-corrected chi connectivity index (χ3v) is 5.04. The molecule has 0 aliphatic heterocycles. The van der Waals surface area contributed by atoms with Gasteiger partial charge in [0.2, 0.25) is 0 Å². The molecule has 3 N–H and O–H groups in total. The first kappa shape index (κ1) is 15.9. The van der Waals surface area contributed by atoms with Gasteiger partial charge in [0.05, 0.1) is 12.8 Å². The molecule has 0 radical (unpaired) electrons. The zero-order valence-corrected chi connectivity index (χ0v) is 14.0. The number of benzene rings is 1. The molecule has 0 saturated carbocycles. The van der Waals surface area contributed by atoms with Crippen molar-refractivity contribution in [2.45, 2.75) is 11.4 Å². The summed E-state index contributed by atoms with van der Waals surface area (Å²) in [7, 11) is -0.412. The summed E-state index contributed by atoms with van der Waals surface area (Å²) in [4.78, 5) is 0.167. The van der Waals surface area contributed by atoms with Crippen LogP contribution in [0.4, 0.5) is 5.69 Å². The van der Waals surface area contributed by atoms with Crippen LogP contribution in [0, 0.1) is 0 Å². The Morgan fingerprint density at radius 2 is 2.10 bits per heavy atom. The Hall–Kier alpha value is -1.51. The minimum atomic E-state index is -3.68. The van der Waals surface area contributed by atoms with E-state index in [2.05, 4.69) is 20.7 Å². The quantitative estimate of drug-likeness (QED) is 0.839. The molecule has 0 amide bonds. The van der Waals surface area contributed by atoms with E-state index in [1.165, 1.54) is 13.3 Å². The maximum atomic E-state index is 12.4. The summed E-state index contributed by atoms with van der Waals surface area (Å²) in [6.07, 6.45) is 1.53. The molecule has 2 rings (SSSR count). The molecule has 21 heavy (non-hydrogen) atoms. The molecule has 8 heteroatoms. The van der Waals surface area contributed by atoms with Crippen LogP contribution in [0.1, 0.15) is 5.69 Å². The number of methoxy groups -OCH3 is 1. The van der Waals surface area contributed by atoms with Crippen molar-refractivity contribution >= 4 is 31.6 Å².